The highest BCUT2D eigenvalue weighted by Gasteiger charge is 2.21. The lowest BCUT2D eigenvalue weighted by Crippen LogP contribution is -2.26. The highest BCUT2D eigenvalue weighted by atomic mass is 16.5. The zero-order valence-electron chi connectivity index (χ0n) is 10.2. The Balaban J connectivity index is 2.29. The first-order valence-corrected chi connectivity index (χ1v) is 5.77. The van der Waals surface area contributed by atoms with Gasteiger partial charge in [-0.05, 0) is 43.1 Å². The SMILES string of the molecule is CNC(C(=O)OC)c1ccc2c(c1)CCCO2. The standard InChI is InChI=1S/C13H17NO3/c1-14-12(13(15)16-2)10-5-6-11-9(8-10)4-3-7-17-11/h5-6,8,12,14H,3-4,7H2,1-2H3. The molecule has 0 radical (unpaired) electrons. The number of hydrogen-bond donors (Lipinski definition) is 1. The predicted molar refractivity (Wildman–Crippen MR) is 64.1 cm³/mol. The van der Waals surface area contributed by atoms with Crippen LogP contribution in [0.2, 0.25) is 0 Å². The van der Waals surface area contributed by atoms with E-state index in [1.165, 1.54) is 7.11 Å². The van der Waals surface area contributed by atoms with Gasteiger partial charge in [0.2, 0.25) is 0 Å². The van der Waals surface area contributed by atoms with Crippen LogP contribution in [0.4, 0.5) is 0 Å². The van der Waals surface area contributed by atoms with Crippen molar-refractivity contribution in [2.75, 3.05) is 20.8 Å². The van der Waals surface area contributed by atoms with Gasteiger partial charge in [-0.3, -0.25) is 0 Å². The van der Waals surface area contributed by atoms with Crippen molar-refractivity contribution in [1.29, 1.82) is 0 Å². The monoisotopic (exact) mass is 235 g/mol. The van der Waals surface area contributed by atoms with Gasteiger partial charge < -0.3 is 14.8 Å². The van der Waals surface area contributed by atoms with Gasteiger partial charge in [-0.15, -0.1) is 0 Å². The third kappa shape index (κ3) is 2.42. The van der Waals surface area contributed by atoms with Crippen molar-refractivity contribution in [2.45, 2.75) is 18.9 Å². The van der Waals surface area contributed by atoms with Crippen LogP contribution in [-0.4, -0.2) is 26.7 Å². The van der Waals surface area contributed by atoms with Crippen LogP contribution in [0.5, 0.6) is 5.75 Å². The van der Waals surface area contributed by atoms with Crippen LogP contribution in [-0.2, 0) is 16.0 Å². The molecule has 1 aromatic rings. The van der Waals surface area contributed by atoms with Gasteiger partial charge in [0.1, 0.15) is 11.8 Å². The van der Waals surface area contributed by atoms with Crippen molar-refractivity contribution in [1.82, 2.24) is 5.32 Å². The van der Waals surface area contributed by atoms with Crippen molar-refractivity contribution < 1.29 is 14.3 Å². The van der Waals surface area contributed by atoms with Gasteiger partial charge in [0.15, 0.2) is 0 Å². The van der Waals surface area contributed by atoms with Gasteiger partial charge in [0.05, 0.1) is 13.7 Å². The summed E-state index contributed by atoms with van der Waals surface area (Å²) >= 11 is 0. The van der Waals surface area contributed by atoms with Gasteiger partial charge >= 0.3 is 5.97 Å². The molecule has 0 fully saturated rings. The van der Waals surface area contributed by atoms with Gasteiger partial charge in [0.25, 0.3) is 0 Å². The molecule has 4 nitrogen and oxygen atoms in total. The predicted octanol–water partition coefficient (Wildman–Crippen LogP) is 1.45. The molecule has 17 heavy (non-hydrogen) atoms. The Hall–Kier alpha value is -1.55. The Bertz CT molecular complexity index is 417. The Morgan fingerprint density at radius 1 is 1.53 bits per heavy atom. The largest absolute Gasteiger partial charge is 0.493 e. The number of rotatable bonds is 3. The van der Waals surface area contributed by atoms with Crippen molar-refractivity contribution >= 4 is 5.97 Å². The normalized spacial score (nSPS) is 15.6. The quantitative estimate of drug-likeness (QED) is 0.805. The van der Waals surface area contributed by atoms with E-state index in [0.29, 0.717) is 0 Å². The first kappa shape index (κ1) is 11.9. The fourth-order valence-electron chi connectivity index (χ4n) is 2.10. The van der Waals surface area contributed by atoms with Crippen LogP contribution in [0.1, 0.15) is 23.6 Å². The highest BCUT2D eigenvalue weighted by Crippen LogP contribution is 2.28. The average molecular weight is 235 g/mol. The van der Waals surface area contributed by atoms with E-state index in [2.05, 4.69) is 5.32 Å². The summed E-state index contributed by atoms with van der Waals surface area (Å²) in [7, 11) is 3.14. The number of ether oxygens (including phenoxy) is 2. The minimum atomic E-state index is -0.410. The Morgan fingerprint density at radius 3 is 3.06 bits per heavy atom. The minimum absolute atomic E-state index is 0.274. The van der Waals surface area contributed by atoms with Crippen molar-refractivity contribution in [2.24, 2.45) is 0 Å². The number of nitrogens with one attached hydrogen (secondary N) is 1. The van der Waals surface area contributed by atoms with E-state index in [-0.39, 0.29) is 5.97 Å². The number of carbonyl (C=O) groups is 1. The minimum Gasteiger partial charge on any atom is -0.493 e. The second kappa shape index (κ2) is 5.19. The highest BCUT2D eigenvalue weighted by molar-refractivity contribution is 5.77. The summed E-state index contributed by atoms with van der Waals surface area (Å²) in [5, 5.41) is 2.96. The fraction of sp³-hybridized carbons (Fsp3) is 0.462. The number of methoxy groups -OCH3 is 1. The Morgan fingerprint density at radius 2 is 2.35 bits per heavy atom. The zero-order chi connectivity index (χ0) is 12.3. The third-order valence-electron chi connectivity index (χ3n) is 2.99. The van der Waals surface area contributed by atoms with Gasteiger partial charge in [-0.1, -0.05) is 6.07 Å². The molecule has 92 valence electrons. The first-order chi connectivity index (χ1) is 8.26. The number of benzene rings is 1. The molecule has 1 aromatic carbocycles. The zero-order valence-corrected chi connectivity index (χ0v) is 10.2. The van der Waals surface area contributed by atoms with Crippen molar-refractivity contribution in [3.05, 3.63) is 29.3 Å². The van der Waals surface area contributed by atoms with Gasteiger partial charge in [0, 0.05) is 0 Å². The lowest BCUT2D eigenvalue weighted by molar-refractivity contribution is -0.143. The number of carbonyl (C=O) groups excluding carboxylic acids is 1. The molecule has 0 bridgehead atoms. The maximum Gasteiger partial charge on any atom is 0.327 e. The topological polar surface area (TPSA) is 47.6 Å². The summed E-state index contributed by atoms with van der Waals surface area (Å²) in [4.78, 5) is 11.6. The van der Waals surface area contributed by atoms with Crippen LogP contribution >= 0.6 is 0 Å². The van der Waals surface area contributed by atoms with Crippen LogP contribution < -0.4 is 10.1 Å². The number of likely N-dealkylation sites (N-methyl/N-ethyl adjacent to an activating group) is 1. The third-order valence-corrected chi connectivity index (χ3v) is 2.99. The van der Waals surface area contributed by atoms with Crippen molar-refractivity contribution in [3.8, 4) is 5.75 Å². The molecule has 0 spiro atoms. The van der Waals surface area contributed by atoms with E-state index < -0.39 is 6.04 Å². The Kier molecular flexibility index (Phi) is 3.64. The maximum absolute atomic E-state index is 11.6. The first-order valence-electron chi connectivity index (χ1n) is 5.77. The molecule has 1 N–H and O–H groups in total. The molecular formula is C13H17NO3. The van der Waals surface area contributed by atoms with Crippen LogP contribution in [0.15, 0.2) is 18.2 Å². The van der Waals surface area contributed by atoms with Crippen molar-refractivity contribution in [3.63, 3.8) is 0 Å². The number of aryl methyl sites for hydroxylation is 1. The van der Waals surface area contributed by atoms with E-state index >= 15 is 0 Å². The summed E-state index contributed by atoms with van der Waals surface area (Å²) in [6.45, 7) is 0.777. The van der Waals surface area contributed by atoms with E-state index in [1.807, 2.05) is 18.2 Å². The summed E-state index contributed by atoms with van der Waals surface area (Å²) < 4.78 is 10.3. The average Bonchev–Trinajstić information content (AvgIpc) is 2.39. The molecule has 1 aliphatic rings. The molecule has 1 unspecified atom stereocenters. The molecule has 0 amide bonds. The second-order valence-corrected chi connectivity index (χ2v) is 4.06. The second-order valence-electron chi connectivity index (χ2n) is 4.06. The number of esters is 1. The fourth-order valence-corrected chi connectivity index (χ4v) is 2.10. The van der Waals surface area contributed by atoms with E-state index in [0.717, 1.165) is 36.3 Å². The van der Waals surface area contributed by atoms with E-state index in [4.69, 9.17) is 9.47 Å². The lowest BCUT2D eigenvalue weighted by Gasteiger charge is -2.20. The lowest BCUT2D eigenvalue weighted by atomic mass is 9.99. The summed E-state index contributed by atoms with van der Waals surface area (Å²) in [5.41, 5.74) is 2.08. The van der Waals surface area contributed by atoms with Gasteiger partial charge in [-0.2, -0.15) is 0 Å². The summed E-state index contributed by atoms with van der Waals surface area (Å²) in [6.07, 6.45) is 2.03. The summed E-state index contributed by atoms with van der Waals surface area (Å²) in [6, 6.07) is 5.44. The summed E-state index contributed by atoms with van der Waals surface area (Å²) in [5.74, 6) is 0.656. The molecule has 0 aliphatic carbocycles. The Labute approximate surface area is 101 Å². The maximum atomic E-state index is 11.6. The molecule has 1 heterocycles. The number of hydrogen-bond acceptors (Lipinski definition) is 4. The van der Waals surface area contributed by atoms with Gasteiger partial charge in [-0.25, -0.2) is 4.79 Å². The molecule has 4 heteroatoms. The molecule has 0 aromatic heterocycles. The van der Waals surface area contributed by atoms with E-state index in [1.54, 1.807) is 7.05 Å². The molecule has 1 aliphatic heterocycles. The van der Waals surface area contributed by atoms with Crippen LogP contribution in [0.3, 0.4) is 0 Å². The molecular weight excluding hydrogens is 218 g/mol. The molecule has 0 saturated heterocycles. The smallest absolute Gasteiger partial charge is 0.327 e. The molecule has 1 atom stereocenters. The van der Waals surface area contributed by atoms with E-state index in [9.17, 15) is 4.79 Å². The molecule has 2 rings (SSSR count). The molecule has 0 saturated carbocycles. The van der Waals surface area contributed by atoms with Crippen LogP contribution in [0.25, 0.3) is 0 Å². The number of fused-ring (bicyclic) bond motifs is 1. The van der Waals surface area contributed by atoms with Crippen LogP contribution in [0, 0.1) is 0 Å².